The Bertz CT molecular complexity index is 1060. The van der Waals surface area contributed by atoms with Gasteiger partial charge in [0.1, 0.15) is 22.3 Å². The average molecular weight is 453 g/mol. The number of hydrogen-bond acceptors (Lipinski definition) is 8. The van der Waals surface area contributed by atoms with Gasteiger partial charge in [0.2, 0.25) is 5.91 Å². The summed E-state index contributed by atoms with van der Waals surface area (Å²) in [7, 11) is 0. The molecule has 1 aliphatic carbocycles. The highest BCUT2D eigenvalue weighted by atomic mass is 32.1. The maximum atomic E-state index is 12.8. The molecular weight excluding hydrogens is 424 g/mol. The molecule has 4 heterocycles. The smallest absolute Gasteiger partial charge is 0.239 e. The van der Waals surface area contributed by atoms with Crippen LogP contribution >= 0.6 is 11.3 Å². The van der Waals surface area contributed by atoms with Crippen molar-refractivity contribution in [3.63, 3.8) is 0 Å². The van der Waals surface area contributed by atoms with Crippen LogP contribution in [0.1, 0.15) is 37.9 Å². The van der Waals surface area contributed by atoms with Gasteiger partial charge < -0.3 is 15.1 Å². The molecular formula is C23H28N6O2S. The highest BCUT2D eigenvalue weighted by Crippen LogP contribution is 2.27. The first-order valence-corrected chi connectivity index (χ1v) is 12.1. The van der Waals surface area contributed by atoms with Crippen LogP contribution in [0.4, 0.5) is 5.82 Å². The van der Waals surface area contributed by atoms with Crippen LogP contribution in [0.2, 0.25) is 0 Å². The van der Waals surface area contributed by atoms with Crippen LogP contribution in [0.5, 0.6) is 0 Å². The third kappa shape index (κ3) is 5.06. The Balaban J connectivity index is 1.26. The van der Waals surface area contributed by atoms with E-state index in [2.05, 4.69) is 30.5 Å². The summed E-state index contributed by atoms with van der Waals surface area (Å²) in [5.74, 6) is 2.17. The molecule has 1 saturated carbocycles. The zero-order valence-corrected chi connectivity index (χ0v) is 19.0. The number of likely N-dealkylation sites (tertiary alicyclic amines) is 1. The fourth-order valence-corrected chi connectivity index (χ4v) is 5.16. The van der Waals surface area contributed by atoms with Gasteiger partial charge >= 0.3 is 0 Å². The minimum absolute atomic E-state index is 0.0723. The maximum Gasteiger partial charge on any atom is 0.239 e. The lowest BCUT2D eigenvalue weighted by atomic mass is 10.2. The second kappa shape index (κ2) is 9.48. The standard InChI is InChI=1S/C23H28N6O2S/c1-15-6-7-19(31-15)22-26-18(23-24-9-11-32-23)12-20(28-22)27-21(30)14-29-10-8-17(13-29)25-16-4-2-3-5-16/h6-7,9,11-12,16-17,25H,2-5,8,10,13-14H2,1H3,(H,26,27,28,30). The van der Waals surface area contributed by atoms with Gasteiger partial charge in [-0.2, -0.15) is 0 Å². The molecule has 9 heteroatoms. The summed E-state index contributed by atoms with van der Waals surface area (Å²) < 4.78 is 5.71. The number of nitrogens with one attached hydrogen (secondary N) is 2. The summed E-state index contributed by atoms with van der Waals surface area (Å²) in [6, 6.07) is 6.61. The van der Waals surface area contributed by atoms with Gasteiger partial charge in [-0.15, -0.1) is 11.3 Å². The molecule has 1 unspecified atom stereocenters. The van der Waals surface area contributed by atoms with Gasteiger partial charge in [0.05, 0.1) is 6.54 Å². The molecule has 1 amide bonds. The van der Waals surface area contributed by atoms with E-state index >= 15 is 0 Å². The highest BCUT2D eigenvalue weighted by molar-refractivity contribution is 7.13. The fourth-order valence-electron chi connectivity index (χ4n) is 4.56. The van der Waals surface area contributed by atoms with E-state index in [1.165, 1.54) is 37.0 Å². The van der Waals surface area contributed by atoms with Crippen molar-refractivity contribution in [2.75, 3.05) is 25.0 Å². The Hall–Kier alpha value is -2.62. The van der Waals surface area contributed by atoms with Crippen LogP contribution < -0.4 is 10.6 Å². The molecule has 0 aromatic carbocycles. The van der Waals surface area contributed by atoms with Gasteiger partial charge in [-0.3, -0.25) is 9.69 Å². The Labute approximate surface area is 191 Å². The van der Waals surface area contributed by atoms with Crippen LogP contribution in [0.3, 0.4) is 0 Å². The summed E-state index contributed by atoms with van der Waals surface area (Å²) in [6.07, 6.45) is 8.05. The molecule has 2 N–H and O–H groups in total. The molecule has 2 aliphatic rings. The van der Waals surface area contributed by atoms with E-state index in [4.69, 9.17) is 4.42 Å². The zero-order valence-electron chi connectivity index (χ0n) is 18.2. The molecule has 5 rings (SSSR count). The van der Waals surface area contributed by atoms with Gasteiger partial charge in [0.15, 0.2) is 11.6 Å². The first-order valence-electron chi connectivity index (χ1n) is 11.3. The van der Waals surface area contributed by atoms with Gasteiger partial charge in [-0.05, 0) is 38.3 Å². The number of rotatable bonds is 7. The number of aromatic nitrogens is 3. The average Bonchev–Trinajstić information content (AvgIpc) is 3.57. The molecule has 8 nitrogen and oxygen atoms in total. The number of amides is 1. The Kier molecular flexibility index (Phi) is 6.29. The lowest BCUT2D eigenvalue weighted by molar-refractivity contribution is -0.117. The summed E-state index contributed by atoms with van der Waals surface area (Å²) >= 11 is 1.49. The SMILES string of the molecule is Cc1ccc(-c2nc(NC(=O)CN3CCC(NC4CCCC4)C3)cc(-c3nccs3)n2)o1. The van der Waals surface area contributed by atoms with Crippen molar-refractivity contribution in [2.24, 2.45) is 0 Å². The van der Waals surface area contributed by atoms with E-state index in [1.54, 1.807) is 12.3 Å². The molecule has 0 bridgehead atoms. The number of hydrogen-bond donors (Lipinski definition) is 2. The third-order valence-corrected chi connectivity index (χ3v) is 6.87. The summed E-state index contributed by atoms with van der Waals surface area (Å²) in [6.45, 7) is 4.08. The van der Waals surface area contributed by atoms with E-state index in [1.807, 2.05) is 24.4 Å². The predicted octanol–water partition coefficient (Wildman–Crippen LogP) is 3.71. The number of anilines is 1. The van der Waals surface area contributed by atoms with E-state index in [0.29, 0.717) is 41.7 Å². The van der Waals surface area contributed by atoms with Gasteiger partial charge in [0, 0.05) is 42.8 Å². The number of carbonyl (C=O) groups excluding carboxylic acids is 1. The van der Waals surface area contributed by atoms with E-state index in [9.17, 15) is 4.79 Å². The van der Waals surface area contributed by atoms with Crippen molar-refractivity contribution in [1.82, 2.24) is 25.2 Å². The van der Waals surface area contributed by atoms with Crippen molar-refractivity contribution in [3.8, 4) is 22.3 Å². The third-order valence-electron chi connectivity index (χ3n) is 6.07. The van der Waals surface area contributed by atoms with Gasteiger partial charge in [0.25, 0.3) is 0 Å². The van der Waals surface area contributed by atoms with Crippen LogP contribution in [-0.2, 0) is 4.79 Å². The number of furan rings is 1. The lowest BCUT2D eigenvalue weighted by Gasteiger charge is -2.19. The second-order valence-electron chi connectivity index (χ2n) is 8.63. The first-order chi connectivity index (χ1) is 15.6. The summed E-state index contributed by atoms with van der Waals surface area (Å²) in [5, 5.41) is 9.40. The van der Waals surface area contributed by atoms with Gasteiger partial charge in [-0.1, -0.05) is 12.8 Å². The minimum atomic E-state index is -0.0723. The number of aryl methyl sites for hydroxylation is 1. The molecule has 168 valence electrons. The van der Waals surface area contributed by atoms with E-state index in [0.717, 1.165) is 30.3 Å². The van der Waals surface area contributed by atoms with Crippen molar-refractivity contribution in [1.29, 1.82) is 0 Å². The molecule has 3 aromatic heterocycles. The molecule has 1 aliphatic heterocycles. The molecule has 0 spiro atoms. The van der Waals surface area contributed by atoms with E-state index < -0.39 is 0 Å². The Morgan fingerprint density at radius 2 is 2.09 bits per heavy atom. The van der Waals surface area contributed by atoms with Gasteiger partial charge in [-0.25, -0.2) is 15.0 Å². The number of thiazole rings is 1. The molecule has 1 saturated heterocycles. The Morgan fingerprint density at radius 3 is 2.84 bits per heavy atom. The van der Waals surface area contributed by atoms with Crippen LogP contribution in [0.15, 0.2) is 34.2 Å². The van der Waals surface area contributed by atoms with Crippen molar-refractivity contribution < 1.29 is 9.21 Å². The zero-order chi connectivity index (χ0) is 21.9. The lowest BCUT2D eigenvalue weighted by Crippen LogP contribution is -2.40. The second-order valence-corrected chi connectivity index (χ2v) is 9.52. The minimum Gasteiger partial charge on any atom is -0.458 e. The predicted molar refractivity (Wildman–Crippen MR) is 124 cm³/mol. The largest absolute Gasteiger partial charge is 0.458 e. The van der Waals surface area contributed by atoms with Crippen LogP contribution in [0, 0.1) is 6.92 Å². The topological polar surface area (TPSA) is 96.2 Å². The molecule has 2 fully saturated rings. The number of carbonyl (C=O) groups is 1. The molecule has 1 atom stereocenters. The van der Waals surface area contributed by atoms with Crippen molar-refractivity contribution in [2.45, 2.75) is 51.1 Å². The summed E-state index contributed by atoms with van der Waals surface area (Å²) in [4.78, 5) is 28.5. The fraction of sp³-hybridized carbons (Fsp3) is 0.478. The summed E-state index contributed by atoms with van der Waals surface area (Å²) in [5.41, 5.74) is 0.663. The molecule has 0 radical (unpaired) electrons. The molecule has 3 aromatic rings. The quantitative estimate of drug-likeness (QED) is 0.564. The monoisotopic (exact) mass is 452 g/mol. The van der Waals surface area contributed by atoms with Crippen LogP contribution in [-0.4, -0.2) is 57.5 Å². The van der Waals surface area contributed by atoms with Crippen molar-refractivity contribution in [3.05, 3.63) is 35.5 Å². The van der Waals surface area contributed by atoms with E-state index in [-0.39, 0.29) is 5.91 Å². The first kappa shape index (κ1) is 21.2. The van der Waals surface area contributed by atoms with Crippen molar-refractivity contribution >= 4 is 23.1 Å². The molecule has 32 heavy (non-hydrogen) atoms. The van der Waals surface area contributed by atoms with Crippen LogP contribution in [0.25, 0.3) is 22.3 Å². The highest BCUT2D eigenvalue weighted by Gasteiger charge is 2.27. The normalized spacial score (nSPS) is 19.6. The number of nitrogens with zero attached hydrogens (tertiary/aromatic N) is 4. The maximum absolute atomic E-state index is 12.8. The Morgan fingerprint density at radius 1 is 1.22 bits per heavy atom.